The van der Waals surface area contributed by atoms with Crippen LogP contribution in [0.25, 0.3) is 0 Å². The Balaban J connectivity index is 2.17. The summed E-state index contributed by atoms with van der Waals surface area (Å²) in [5.41, 5.74) is 7.02. The van der Waals surface area contributed by atoms with Crippen LogP contribution in [0.1, 0.15) is 19.0 Å². The van der Waals surface area contributed by atoms with Crippen LogP contribution in [0, 0.1) is 0 Å². The topological polar surface area (TPSA) is 77.0 Å². The number of nitrogen functional groups attached to an aromatic ring is 1. The maximum Gasteiger partial charge on any atom is 0.269 e. The van der Waals surface area contributed by atoms with Crippen LogP contribution in [-0.4, -0.2) is 28.4 Å². The van der Waals surface area contributed by atoms with Gasteiger partial charge >= 0.3 is 0 Å². The second kappa shape index (κ2) is 5.83. The van der Waals surface area contributed by atoms with Crippen molar-refractivity contribution in [3.8, 4) is 0 Å². The largest absolute Gasteiger partial charge is 0.375 e. The molecule has 19 heavy (non-hydrogen) atoms. The molecule has 0 amide bonds. The number of nitrogens with zero attached hydrogens (tertiary/aromatic N) is 4. The first-order chi connectivity index (χ1) is 9.10. The summed E-state index contributed by atoms with van der Waals surface area (Å²) < 4.78 is 1.39. The molecular weight excluding hydrogens is 262 g/mol. The Morgan fingerprint density at radius 1 is 1.53 bits per heavy atom. The summed E-state index contributed by atoms with van der Waals surface area (Å²) in [6.07, 6.45) is 2.73. The number of nitrogens with two attached hydrogens (primary N) is 1. The molecule has 102 valence electrons. The Morgan fingerprint density at radius 2 is 2.32 bits per heavy atom. The molecule has 0 aliphatic rings. The molecular formula is C12H17N5OS. The van der Waals surface area contributed by atoms with Gasteiger partial charge in [0.05, 0.1) is 24.1 Å². The minimum Gasteiger partial charge on any atom is -0.375 e. The van der Waals surface area contributed by atoms with Crippen LogP contribution in [-0.2, 0) is 6.54 Å². The molecule has 0 aliphatic heterocycles. The SMILES string of the molecule is CCCN(C)c1cnn(Cc2csc(N)n2)c(=O)c1. The Morgan fingerprint density at radius 3 is 2.89 bits per heavy atom. The molecule has 0 fully saturated rings. The molecule has 2 aromatic heterocycles. The van der Waals surface area contributed by atoms with E-state index in [0.29, 0.717) is 11.7 Å². The number of rotatable bonds is 5. The van der Waals surface area contributed by atoms with Crippen LogP contribution in [0.15, 0.2) is 22.4 Å². The zero-order valence-electron chi connectivity index (χ0n) is 11.0. The molecule has 0 spiro atoms. The van der Waals surface area contributed by atoms with E-state index in [-0.39, 0.29) is 5.56 Å². The number of hydrogen-bond acceptors (Lipinski definition) is 6. The highest BCUT2D eigenvalue weighted by atomic mass is 32.1. The number of aromatic nitrogens is 3. The molecule has 0 bridgehead atoms. The van der Waals surface area contributed by atoms with E-state index in [4.69, 9.17) is 5.73 Å². The van der Waals surface area contributed by atoms with E-state index in [0.717, 1.165) is 24.3 Å². The summed E-state index contributed by atoms with van der Waals surface area (Å²) in [6, 6.07) is 1.60. The molecule has 0 radical (unpaired) electrons. The zero-order chi connectivity index (χ0) is 13.8. The van der Waals surface area contributed by atoms with Gasteiger partial charge in [-0.3, -0.25) is 4.79 Å². The second-order valence-corrected chi connectivity index (χ2v) is 5.20. The Kier molecular flexibility index (Phi) is 4.16. The van der Waals surface area contributed by atoms with Crippen molar-refractivity contribution in [2.75, 3.05) is 24.2 Å². The number of anilines is 2. The van der Waals surface area contributed by atoms with Crippen molar-refractivity contribution in [1.29, 1.82) is 0 Å². The van der Waals surface area contributed by atoms with Gasteiger partial charge in [-0.25, -0.2) is 9.67 Å². The lowest BCUT2D eigenvalue weighted by atomic mass is 10.3. The van der Waals surface area contributed by atoms with Crippen LogP contribution in [0.5, 0.6) is 0 Å². The Hall–Kier alpha value is -1.89. The van der Waals surface area contributed by atoms with Gasteiger partial charge in [0, 0.05) is 25.0 Å². The first-order valence-electron chi connectivity index (χ1n) is 6.08. The third-order valence-electron chi connectivity index (χ3n) is 2.74. The van der Waals surface area contributed by atoms with Gasteiger partial charge in [-0.05, 0) is 6.42 Å². The molecule has 2 aromatic rings. The normalized spacial score (nSPS) is 10.6. The van der Waals surface area contributed by atoms with Crippen LogP contribution >= 0.6 is 11.3 Å². The molecule has 0 aromatic carbocycles. The highest BCUT2D eigenvalue weighted by Crippen LogP contribution is 2.12. The van der Waals surface area contributed by atoms with Crippen molar-refractivity contribution in [2.45, 2.75) is 19.9 Å². The predicted octanol–water partition coefficient (Wildman–Crippen LogP) is 1.18. The van der Waals surface area contributed by atoms with E-state index >= 15 is 0 Å². The standard InChI is InChI=1S/C12H17N5OS/c1-3-4-16(2)10-5-11(18)17(14-6-10)7-9-8-19-12(13)15-9/h5-6,8H,3-4,7H2,1-2H3,(H2,13,15). The minimum atomic E-state index is -0.132. The third kappa shape index (κ3) is 3.31. The molecule has 7 heteroatoms. The Bertz CT molecular complexity index is 606. The van der Waals surface area contributed by atoms with Gasteiger partial charge in [-0.1, -0.05) is 6.92 Å². The summed E-state index contributed by atoms with van der Waals surface area (Å²) in [7, 11) is 1.95. The Labute approximate surface area is 115 Å². The summed E-state index contributed by atoms with van der Waals surface area (Å²) in [6.45, 7) is 3.34. The summed E-state index contributed by atoms with van der Waals surface area (Å²) in [5, 5.41) is 6.51. The van der Waals surface area contributed by atoms with E-state index in [1.54, 1.807) is 12.3 Å². The van der Waals surface area contributed by atoms with Gasteiger partial charge in [0.25, 0.3) is 5.56 Å². The van der Waals surface area contributed by atoms with Crippen LogP contribution in [0.4, 0.5) is 10.8 Å². The fraction of sp³-hybridized carbons (Fsp3) is 0.417. The first kappa shape index (κ1) is 13.5. The van der Waals surface area contributed by atoms with Crippen LogP contribution < -0.4 is 16.2 Å². The van der Waals surface area contributed by atoms with E-state index in [1.165, 1.54) is 16.0 Å². The second-order valence-electron chi connectivity index (χ2n) is 4.31. The lowest BCUT2D eigenvalue weighted by molar-refractivity contribution is 0.628. The monoisotopic (exact) mass is 279 g/mol. The molecule has 0 saturated carbocycles. The first-order valence-corrected chi connectivity index (χ1v) is 6.96. The van der Waals surface area contributed by atoms with Crippen molar-refractivity contribution < 1.29 is 0 Å². The van der Waals surface area contributed by atoms with E-state index in [9.17, 15) is 4.79 Å². The van der Waals surface area contributed by atoms with Gasteiger partial charge < -0.3 is 10.6 Å². The van der Waals surface area contributed by atoms with Gasteiger partial charge in [0.2, 0.25) is 0 Å². The van der Waals surface area contributed by atoms with Crippen molar-refractivity contribution in [3.05, 3.63) is 33.7 Å². The lowest BCUT2D eigenvalue weighted by Crippen LogP contribution is -2.26. The van der Waals surface area contributed by atoms with Gasteiger partial charge in [-0.2, -0.15) is 5.10 Å². The van der Waals surface area contributed by atoms with Crippen molar-refractivity contribution in [1.82, 2.24) is 14.8 Å². The average molecular weight is 279 g/mol. The summed E-state index contributed by atoms with van der Waals surface area (Å²) >= 11 is 1.36. The average Bonchev–Trinajstić information content (AvgIpc) is 2.78. The highest BCUT2D eigenvalue weighted by molar-refractivity contribution is 7.13. The van der Waals surface area contributed by atoms with Crippen LogP contribution in [0.3, 0.4) is 0 Å². The molecule has 6 nitrogen and oxygen atoms in total. The van der Waals surface area contributed by atoms with Crippen molar-refractivity contribution in [2.24, 2.45) is 0 Å². The van der Waals surface area contributed by atoms with Gasteiger partial charge in [0.1, 0.15) is 0 Å². The maximum absolute atomic E-state index is 12.0. The molecule has 0 aliphatic carbocycles. The van der Waals surface area contributed by atoms with Crippen LogP contribution in [0.2, 0.25) is 0 Å². The fourth-order valence-corrected chi connectivity index (χ4v) is 2.32. The molecule has 2 rings (SSSR count). The summed E-state index contributed by atoms with van der Waals surface area (Å²) in [5.74, 6) is 0. The zero-order valence-corrected chi connectivity index (χ0v) is 11.9. The maximum atomic E-state index is 12.0. The van der Waals surface area contributed by atoms with Gasteiger partial charge in [0.15, 0.2) is 5.13 Å². The van der Waals surface area contributed by atoms with E-state index in [1.807, 2.05) is 17.3 Å². The van der Waals surface area contributed by atoms with E-state index < -0.39 is 0 Å². The van der Waals surface area contributed by atoms with Gasteiger partial charge in [-0.15, -0.1) is 11.3 Å². The molecule has 2 heterocycles. The van der Waals surface area contributed by atoms with E-state index in [2.05, 4.69) is 17.0 Å². The number of thiazole rings is 1. The van der Waals surface area contributed by atoms with Crippen molar-refractivity contribution in [3.63, 3.8) is 0 Å². The quantitative estimate of drug-likeness (QED) is 0.889. The predicted molar refractivity (Wildman–Crippen MR) is 77.7 cm³/mol. The molecule has 0 unspecified atom stereocenters. The number of hydrogen-bond donors (Lipinski definition) is 1. The molecule has 0 saturated heterocycles. The lowest BCUT2D eigenvalue weighted by Gasteiger charge is -2.17. The molecule has 0 atom stereocenters. The minimum absolute atomic E-state index is 0.132. The molecule has 2 N–H and O–H groups in total. The third-order valence-corrected chi connectivity index (χ3v) is 3.46. The highest BCUT2D eigenvalue weighted by Gasteiger charge is 2.06. The summed E-state index contributed by atoms with van der Waals surface area (Å²) in [4.78, 5) is 18.1. The van der Waals surface area contributed by atoms with Crippen molar-refractivity contribution >= 4 is 22.2 Å². The fourth-order valence-electron chi connectivity index (χ4n) is 1.76. The smallest absolute Gasteiger partial charge is 0.269 e.